The van der Waals surface area contributed by atoms with E-state index in [4.69, 9.17) is 4.74 Å². The van der Waals surface area contributed by atoms with Gasteiger partial charge in [-0.2, -0.15) is 13.2 Å². The average molecular weight is 375 g/mol. The lowest BCUT2D eigenvalue weighted by Crippen LogP contribution is -2.22. The molecule has 2 nitrogen and oxygen atoms in total. The number of ether oxygens (including phenoxy) is 1. The molecule has 0 radical (unpaired) electrons. The third-order valence-electron chi connectivity index (χ3n) is 5.72. The second-order valence-electron chi connectivity index (χ2n) is 7.90. The molecule has 0 spiro atoms. The molecule has 5 heteroatoms. The summed E-state index contributed by atoms with van der Waals surface area (Å²) in [4.78, 5) is 0. The lowest BCUT2D eigenvalue weighted by atomic mass is 9.82. The van der Waals surface area contributed by atoms with Gasteiger partial charge in [0.2, 0.25) is 0 Å². The predicted octanol–water partition coefficient (Wildman–Crippen LogP) is 6.64. The van der Waals surface area contributed by atoms with Crippen LogP contribution in [0.15, 0.2) is 36.4 Å². The van der Waals surface area contributed by atoms with Gasteiger partial charge in [0.05, 0.1) is 5.56 Å². The summed E-state index contributed by atoms with van der Waals surface area (Å²) in [6.07, 6.45) is 0.897. The van der Waals surface area contributed by atoms with Gasteiger partial charge in [-0.15, -0.1) is 0 Å². The highest BCUT2D eigenvalue weighted by molar-refractivity contribution is 5.65. The maximum absolute atomic E-state index is 13.4. The standard InChI is InChI=1S/C22H24F3NO/c1-14-5-4-6-15(9-14)13-26-19-11-17(22(23,24)25)12-21-18(19)10-16-7-2-3-8-20(16)27-21/h2-3,7-8,11-12,14-15,26H,4-6,9-10,13H2,1H3. The number of benzene rings is 2. The molecule has 1 aliphatic carbocycles. The van der Waals surface area contributed by atoms with Gasteiger partial charge in [0.15, 0.2) is 0 Å². The second kappa shape index (κ2) is 7.10. The van der Waals surface area contributed by atoms with Gasteiger partial charge < -0.3 is 10.1 Å². The summed E-state index contributed by atoms with van der Waals surface area (Å²) in [5, 5.41) is 3.33. The monoisotopic (exact) mass is 375 g/mol. The third kappa shape index (κ3) is 3.92. The van der Waals surface area contributed by atoms with Crippen molar-refractivity contribution in [2.45, 2.75) is 45.2 Å². The largest absolute Gasteiger partial charge is 0.457 e. The van der Waals surface area contributed by atoms with Crippen LogP contribution in [0.2, 0.25) is 0 Å². The molecule has 27 heavy (non-hydrogen) atoms. The number of rotatable bonds is 3. The van der Waals surface area contributed by atoms with Crippen LogP contribution in [0.4, 0.5) is 18.9 Å². The quantitative estimate of drug-likeness (QED) is 0.554. The molecule has 4 rings (SSSR count). The minimum Gasteiger partial charge on any atom is -0.457 e. The lowest BCUT2D eigenvalue weighted by Gasteiger charge is -2.29. The van der Waals surface area contributed by atoms with Crippen LogP contribution in [0, 0.1) is 11.8 Å². The fourth-order valence-corrected chi connectivity index (χ4v) is 4.30. The van der Waals surface area contributed by atoms with Crippen molar-refractivity contribution < 1.29 is 17.9 Å². The van der Waals surface area contributed by atoms with E-state index in [2.05, 4.69) is 12.2 Å². The van der Waals surface area contributed by atoms with Gasteiger partial charge in [-0.1, -0.05) is 38.0 Å². The van der Waals surface area contributed by atoms with Crippen LogP contribution in [-0.2, 0) is 12.6 Å². The van der Waals surface area contributed by atoms with Crippen molar-refractivity contribution >= 4 is 5.69 Å². The molecule has 1 N–H and O–H groups in total. The summed E-state index contributed by atoms with van der Waals surface area (Å²) in [7, 11) is 0. The molecule has 2 unspecified atom stereocenters. The molecule has 0 aromatic heterocycles. The van der Waals surface area contributed by atoms with E-state index in [9.17, 15) is 13.2 Å². The Balaban J connectivity index is 1.63. The predicted molar refractivity (Wildman–Crippen MR) is 100 cm³/mol. The van der Waals surface area contributed by atoms with Gasteiger partial charge in [0.1, 0.15) is 11.5 Å². The Morgan fingerprint density at radius 2 is 1.93 bits per heavy atom. The number of anilines is 1. The molecule has 1 saturated carbocycles. The first kappa shape index (κ1) is 18.2. The lowest BCUT2D eigenvalue weighted by molar-refractivity contribution is -0.137. The average Bonchev–Trinajstić information content (AvgIpc) is 2.63. The zero-order valence-electron chi connectivity index (χ0n) is 15.4. The van der Waals surface area contributed by atoms with Crippen molar-refractivity contribution in [2.75, 3.05) is 11.9 Å². The highest BCUT2D eigenvalue weighted by Crippen LogP contribution is 2.44. The number of hydrogen-bond acceptors (Lipinski definition) is 2. The molecule has 0 saturated heterocycles. The molecule has 0 bridgehead atoms. The Kier molecular flexibility index (Phi) is 4.79. The topological polar surface area (TPSA) is 21.3 Å². The highest BCUT2D eigenvalue weighted by atomic mass is 19.4. The number of hydrogen-bond donors (Lipinski definition) is 1. The van der Waals surface area contributed by atoms with Crippen LogP contribution in [0.5, 0.6) is 11.5 Å². The minimum atomic E-state index is -4.40. The normalized spacial score (nSPS) is 21.8. The van der Waals surface area contributed by atoms with Crippen molar-refractivity contribution in [1.29, 1.82) is 0 Å². The van der Waals surface area contributed by atoms with Gasteiger partial charge in [0, 0.05) is 24.2 Å². The first-order valence-corrected chi connectivity index (χ1v) is 9.64. The smallest absolute Gasteiger partial charge is 0.416 e. The minimum absolute atomic E-state index is 0.308. The van der Waals surface area contributed by atoms with E-state index >= 15 is 0 Å². The molecule has 2 aromatic rings. The molecule has 2 aromatic carbocycles. The Bertz CT molecular complexity index is 831. The molecule has 1 aliphatic heterocycles. The number of para-hydroxylation sites is 1. The van der Waals surface area contributed by atoms with E-state index in [1.54, 1.807) is 6.07 Å². The van der Waals surface area contributed by atoms with Crippen LogP contribution in [0.3, 0.4) is 0 Å². The van der Waals surface area contributed by atoms with Crippen molar-refractivity contribution in [2.24, 2.45) is 11.8 Å². The van der Waals surface area contributed by atoms with E-state index in [0.29, 0.717) is 42.0 Å². The van der Waals surface area contributed by atoms with Gasteiger partial charge in [-0.25, -0.2) is 0 Å². The number of nitrogens with one attached hydrogen (secondary N) is 1. The van der Waals surface area contributed by atoms with E-state index in [0.717, 1.165) is 30.0 Å². The fourth-order valence-electron chi connectivity index (χ4n) is 4.30. The van der Waals surface area contributed by atoms with Crippen LogP contribution in [-0.4, -0.2) is 6.54 Å². The van der Waals surface area contributed by atoms with E-state index in [-0.39, 0.29) is 0 Å². The first-order chi connectivity index (χ1) is 12.9. The summed E-state index contributed by atoms with van der Waals surface area (Å²) in [6, 6.07) is 9.88. The van der Waals surface area contributed by atoms with Gasteiger partial charge in [-0.3, -0.25) is 0 Å². The highest BCUT2D eigenvalue weighted by Gasteiger charge is 2.34. The number of alkyl halides is 3. The maximum atomic E-state index is 13.4. The molecule has 1 fully saturated rings. The Morgan fingerprint density at radius 3 is 2.70 bits per heavy atom. The van der Waals surface area contributed by atoms with E-state index < -0.39 is 11.7 Å². The zero-order valence-corrected chi connectivity index (χ0v) is 15.4. The van der Waals surface area contributed by atoms with Crippen molar-refractivity contribution in [3.05, 3.63) is 53.1 Å². The van der Waals surface area contributed by atoms with E-state index in [1.165, 1.54) is 18.9 Å². The Hall–Kier alpha value is -2.17. The summed E-state index contributed by atoms with van der Waals surface area (Å²) in [5.41, 5.74) is 1.69. The molecule has 2 aliphatic rings. The second-order valence-corrected chi connectivity index (χ2v) is 7.90. The van der Waals surface area contributed by atoms with Crippen molar-refractivity contribution in [1.82, 2.24) is 0 Å². The first-order valence-electron chi connectivity index (χ1n) is 9.64. The fraction of sp³-hybridized carbons (Fsp3) is 0.455. The summed E-state index contributed by atoms with van der Waals surface area (Å²) < 4.78 is 46.0. The van der Waals surface area contributed by atoms with Crippen molar-refractivity contribution in [3.8, 4) is 11.5 Å². The Morgan fingerprint density at radius 1 is 1.11 bits per heavy atom. The summed E-state index contributed by atoms with van der Waals surface area (Å²) in [5.74, 6) is 2.14. The molecule has 1 heterocycles. The molecule has 2 atom stereocenters. The van der Waals surface area contributed by atoms with Gasteiger partial charge in [0.25, 0.3) is 0 Å². The molecule has 0 amide bonds. The molecule has 144 valence electrons. The zero-order chi connectivity index (χ0) is 19.0. The van der Waals surface area contributed by atoms with Crippen LogP contribution in [0.25, 0.3) is 0 Å². The van der Waals surface area contributed by atoms with E-state index in [1.807, 2.05) is 18.2 Å². The van der Waals surface area contributed by atoms with Crippen LogP contribution >= 0.6 is 0 Å². The van der Waals surface area contributed by atoms with Crippen molar-refractivity contribution in [3.63, 3.8) is 0 Å². The summed E-state index contributed by atoms with van der Waals surface area (Å²) >= 11 is 0. The van der Waals surface area contributed by atoms with Crippen LogP contribution < -0.4 is 10.1 Å². The summed E-state index contributed by atoms with van der Waals surface area (Å²) in [6.45, 7) is 2.96. The number of halogens is 3. The van der Waals surface area contributed by atoms with Crippen LogP contribution in [0.1, 0.15) is 49.3 Å². The molecular formula is C22H24F3NO. The maximum Gasteiger partial charge on any atom is 0.416 e. The third-order valence-corrected chi connectivity index (χ3v) is 5.72. The number of fused-ring (bicyclic) bond motifs is 2. The van der Waals surface area contributed by atoms with Gasteiger partial charge >= 0.3 is 6.18 Å². The van der Waals surface area contributed by atoms with Gasteiger partial charge in [-0.05, 0) is 48.4 Å². The SMILES string of the molecule is CC1CCCC(CNc2cc(C(F)(F)F)cc3c2Cc2ccccc2O3)C1. The molecular weight excluding hydrogens is 351 g/mol. The Labute approximate surface area is 157 Å².